The van der Waals surface area contributed by atoms with E-state index in [2.05, 4.69) is 5.32 Å². The number of hydrogen-bond acceptors (Lipinski definition) is 5. The van der Waals surface area contributed by atoms with Gasteiger partial charge in [-0.15, -0.1) is 11.3 Å². The highest BCUT2D eigenvalue weighted by atomic mass is 32.1. The van der Waals surface area contributed by atoms with Crippen LogP contribution < -0.4 is 5.32 Å². The van der Waals surface area contributed by atoms with Gasteiger partial charge in [-0.2, -0.15) is 0 Å². The SMILES string of the molecule is CCOC(=O)c1c(NC(=O)CC2(C(=O)O)CCCCC2)sc(C)c1C. The summed E-state index contributed by atoms with van der Waals surface area (Å²) in [4.78, 5) is 37.4. The van der Waals surface area contributed by atoms with Gasteiger partial charge in [0.1, 0.15) is 5.00 Å². The highest BCUT2D eigenvalue weighted by Gasteiger charge is 2.41. The molecular formula is C18H25NO5S. The lowest BCUT2D eigenvalue weighted by Crippen LogP contribution is -2.37. The molecular weight excluding hydrogens is 342 g/mol. The molecule has 0 bridgehead atoms. The average molecular weight is 367 g/mol. The summed E-state index contributed by atoms with van der Waals surface area (Å²) in [6.45, 7) is 5.67. The molecule has 7 heteroatoms. The Balaban J connectivity index is 2.19. The van der Waals surface area contributed by atoms with Gasteiger partial charge in [0.25, 0.3) is 0 Å². The summed E-state index contributed by atoms with van der Waals surface area (Å²) in [6.07, 6.45) is 3.62. The quantitative estimate of drug-likeness (QED) is 0.744. The van der Waals surface area contributed by atoms with Gasteiger partial charge in [-0.3, -0.25) is 9.59 Å². The number of aliphatic carboxylic acids is 1. The first-order valence-corrected chi connectivity index (χ1v) is 9.42. The second kappa shape index (κ2) is 7.99. The summed E-state index contributed by atoms with van der Waals surface area (Å²) >= 11 is 1.31. The fourth-order valence-electron chi connectivity index (χ4n) is 3.34. The molecule has 1 amide bonds. The van der Waals surface area contributed by atoms with E-state index in [0.29, 0.717) is 23.4 Å². The standard InChI is InChI=1S/C18H25NO5S/c1-4-24-16(21)14-11(2)12(3)25-15(14)19-13(20)10-18(17(22)23)8-6-5-7-9-18/h4-10H2,1-3H3,(H,19,20)(H,22,23). The lowest BCUT2D eigenvalue weighted by Gasteiger charge is -2.32. The highest BCUT2D eigenvalue weighted by Crippen LogP contribution is 2.40. The van der Waals surface area contributed by atoms with Gasteiger partial charge in [0, 0.05) is 11.3 Å². The molecule has 1 fully saturated rings. The van der Waals surface area contributed by atoms with E-state index < -0.39 is 17.4 Å². The third kappa shape index (κ3) is 4.21. The van der Waals surface area contributed by atoms with Crippen molar-refractivity contribution < 1.29 is 24.2 Å². The third-order valence-corrected chi connectivity index (χ3v) is 6.00. The van der Waals surface area contributed by atoms with Gasteiger partial charge < -0.3 is 15.2 Å². The number of anilines is 1. The van der Waals surface area contributed by atoms with Crippen molar-refractivity contribution in [3.05, 3.63) is 16.0 Å². The molecule has 1 aromatic rings. The molecule has 1 aliphatic carbocycles. The number of esters is 1. The van der Waals surface area contributed by atoms with Crippen molar-refractivity contribution in [1.82, 2.24) is 0 Å². The normalized spacial score (nSPS) is 16.3. The first kappa shape index (κ1) is 19.4. The first-order chi connectivity index (χ1) is 11.8. The summed E-state index contributed by atoms with van der Waals surface area (Å²) in [7, 11) is 0. The average Bonchev–Trinajstić information content (AvgIpc) is 2.82. The van der Waals surface area contributed by atoms with Gasteiger partial charge in [0.05, 0.1) is 17.6 Å². The molecule has 0 atom stereocenters. The number of carboxylic acids is 1. The number of nitrogens with one attached hydrogen (secondary N) is 1. The van der Waals surface area contributed by atoms with Crippen LogP contribution in [0.5, 0.6) is 0 Å². The van der Waals surface area contributed by atoms with Gasteiger partial charge in [0.2, 0.25) is 5.91 Å². The second-order valence-corrected chi connectivity index (χ2v) is 7.80. The summed E-state index contributed by atoms with van der Waals surface area (Å²) in [6, 6.07) is 0. The molecule has 25 heavy (non-hydrogen) atoms. The third-order valence-electron chi connectivity index (χ3n) is 4.88. The minimum Gasteiger partial charge on any atom is -0.481 e. The van der Waals surface area contributed by atoms with Crippen molar-refractivity contribution in [1.29, 1.82) is 0 Å². The molecule has 1 heterocycles. The summed E-state index contributed by atoms with van der Waals surface area (Å²) < 4.78 is 5.07. The maximum atomic E-state index is 12.5. The van der Waals surface area contributed by atoms with E-state index in [4.69, 9.17) is 4.74 Å². The van der Waals surface area contributed by atoms with Crippen LogP contribution in [0.2, 0.25) is 0 Å². The number of thiophene rings is 1. The van der Waals surface area contributed by atoms with E-state index in [1.165, 1.54) is 11.3 Å². The molecule has 1 saturated carbocycles. The number of aryl methyl sites for hydroxylation is 1. The van der Waals surface area contributed by atoms with Crippen LogP contribution in [0.15, 0.2) is 0 Å². The Kier molecular flexibility index (Phi) is 6.21. The van der Waals surface area contributed by atoms with E-state index in [1.54, 1.807) is 6.92 Å². The Morgan fingerprint density at radius 3 is 2.40 bits per heavy atom. The molecule has 1 aromatic heterocycles. The van der Waals surface area contributed by atoms with Gasteiger partial charge in [-0.1, -0.05) is 19.3 Å². The number of rotatable bonds is 6. The monoisotopic (exact) mass is 367 g/mol. The minimum absolute atomic E-state index is 0.0689. The zero-order valence-corrected chi connectivity index (χ0v) is 15.8. The van der Waals surface area contributed by atoms with Crippen LogP contribution >= 0.6 is 11.3 Å². The number of carbonyl (C=O) groups is 3. The molecule has 0 spiro atoms. The molecule has 0 aliphatic heterocycles. The highest BCUT2D eigenvalue weighted by molar-refractivity contribution is 7.16. The van der Waals surface area contributed by atoms with Crippen molar-refractivity contribution >= 4 is 34.2 Å². The molecule has 6 nitrogen and oxygen atoms in total. The van der Waals surface area contributed by atoms with Crippen LogP contribution in [0.3, 0.4) is 0 Å². The number of carbonyl (C=O) groups excluding carboxylic acids is 2. The first-order valence-electron chi connectivity index (χ1n) is 8.61. The summed E-state index contributed by atoms with van der Waals surface area (Å²) in [5, 5.41) is 12.8. The van der Waals surface area contributed by atoms with Crippen molar-refractivity contribution in [2.75, 3.05) is 11.9 Å². The fourth-order valence-corrected chi connectivity index (χ4v) is 4.40. The lowest BCUT2D eigenvalue weighted by atomic mass is 9.71. The summed E-state index contributed by atoms with van der Waals surface area (Å²) in [5.74, 6) is -1.74. The molecule has 0 radical (unpaired) electrons. The van der Waals surface area contributed by atoms with Crippen molar-refractivity contribution in [2.45, 2.75) is 59.3 Å². The maximum absolute atomic E-state index is 12.5. The Hall–Kier alpha value is -1.89. The predicted octanol–water partition coefficient (Wildman–Crippen LogP) is 3.91. The largest absolute Gasteiger partial charge is 0.481 e. The molecule has 0 saturated heterocycles. The predicted molar refractivity (Wildman–Crippen MR) is 96.2 cm³/mol. The Labute approximate surface area is 151 Å². The molecule has 2 rings (SSSR count). The molecule has 138 valence electrons. The minimum atomic E-state index is -0.992. The van der Waals surface area contributed by atoms with E-state index in [9.17, 15) is 19.5 Å². The molecule has 0 aromatic carbocycles. The van der Waals surface area contributed by atoms with Gasteiger partial charge in [-0.25, -0.2) is 4.79 Å². The van der Waals surface area contributed by atoms with Crippen molar-refractivity contribution in [3.63, 3.8) is 0 Å². The number of carboxylic acid groups (broad SMARTS) is 1. The Morgan fingerprint density at radius 1 is 1.20 bits per heavy atom. The second-order valence-electron chi connectivity index (χ2n) is 6.58. The zero-order valence-electron chi connectivity index (χ0n) is 14.9. The van der Waals surface area contributed by atoms with E-state index in [-0.39, 0.29) is 18.9 Å². The van der Waals surface area contributed by atoms with Crippen LogP contribution in [-0.4, -0.2) is 29.6 Å². The topological polar surface area (TPSA) is 92.7 Å². The van der Waals surface area contributed by atoms with Crippen LogP contribution in [0, 0.1) is 19.3 Å². The van der Waals surface area contributed by atoms with Gasteiger partial charge in [0.15, 0.2) is 0 Å². The molecule has 0 unspecified atom stereocenters. The van der Waals surface area contributed by atoms with Crippen LogP contribution in [0.1, 0.15) is 66.2 Å². The number of hydrogen-bond donors (Lipinski definition) is 2. The fraction of sp³-hybridized carbons (Fsp3) is 0.611. The van der Waals surface area contributed by atoms with Crippen LogP contribution in [0.25, 0.3) is 0 Å². The van der Waals surface area contributed by atoms with E-state index in [1.807, 2.05) is 13.8 Å². The Bertz CT molecular complexity index is 673. The molecule has 1 aliphatic rings. The number of amides is 1. The van der Waals surface area contributed by atoms with Crippen molar-refractivity contribution in [3.8, 4) is 0 Å². The smallest absolute Gasteiger partial charge is 0.341 e. The molecule has 2 N–H and O–H groups in total. The van der Waals surface area contributed by atoms with Crippen LogP contribution in [-0.2, 0) is 14.3 Å². The maximum Gasteiger partial charge on any atom is 0.341 e. The summed E-state index contributed by atoms with van der Waals surface area (Å²) in [5.41, 5.74) is 0.156. The Morgan fingerprint density at radius 2 is 1.84 bits per heavy atom. The lowest BCUT2D eigenvalue weighted by molar-refractivity contribution is -0.153. The van der Waals surface area contributed by atoms with E-state index >= 15 is 0 Å². The van der Waals surface area contributed by atoms with Gasteiger partial charge >= 0.3 is 11.9 Å². The number of ether oxygens (including phenoxy) is 1. The van der Waals surface area contributed by atoms with E-state index in [0.717, 1.165) is 29.7 Å². The van der Waals surface area contributed by atoms with Gasteiger partial charge in [-0.05, 0) is 39.2 Å². The van der Waals surface area contributed by atoms with Crippen molar-refractivity contribution in [2.24, 2.45) is 5.41 Å². The zero-order chi connectivity index (χ0) is 18.6. The van der Waals surface area contributed by atoms with Crippen LogP contribution in [0.4, 0.5) is 5.00 Å².